The van der Waals surface area contributed by atoms with Crippen molar-refractivity contribution < 1.29 is 37.4 Å². The SMILES string of the molecule is C=C(C)[C@@H]1CC[C@]2(NC[C@H]([C@@H](C)NC(=O)OCC)N3CCS(=O)(=O)CC3)CC[C@]3(C)[C@H](CC[C@@H]4[C@@]5(C)CC[C@H](OC(=O)CC(C)(C)CC(=O)O)C(C)(C)[C@@H]5CC[C@]43C)[C@@H]12. The number of nitrogens with one attached hydrogen (secondary N) is 2. The number of amides is 1. The molecule has 12 atom stereocenters. The lowest BCUT2D eigenvalue weighted by Gasteiger charge is -2.73. The van der Waals surface area contributed by atoms with Crippen LogP contribution in [0.4, 0.5) is 4.79 Å². The number of carboxylic acid groups (broad SMARTS) is 1. The number of sulfone groups is 1. The van der Waals surface area contributed by atoms with E-state index in [1.54, 1.807) is 6.92 Å². The Morgan fingerprint density at radius 2 is 1.58 bits per heavy atom. The summed E-state index contributed by atoms with van der Waals surface area (Å²) in [7, 11) is -3.07. The second-order valence-electron chi connectivity index (χ2n) is 22.4. The van der Waals surface area contributed by atoms with Crippen LogP contribution in [0.15, 0.2) is 12.2 Å². The van der Waals surface area contributed by atoms with Crippen LogP contribution >= 0.6 is 0 Å². The third-order valence-electron chi connectivity index (χ3n) is 18.2. The van der Waals surface area contributed by atoms with E-state index in [0.717, 1.165) is 51.4 Å². The number of nitrogens with zero attached hydrogens (tertiary/aromatic N) is 1. The van der Waals surface area contributed by atoms with Gasteiger partial charge in [0.15, 0.2) is 9.84 Å². The Morgan fingerprint density at radius 1 is 0.898 bits per heavy atom. The van der Waals surface area contributed by atoms with E-state index in [1.165, 1.54) is 18.4 Å². The van der Waals surface area contributed by atoms with Gasteiger partial charge in [-0.05, 0) is 136 Å². The fourth-order valence-electron chi connectivity index (χ4n) is 15.1. The number of carboxylic acids is 1. The van der Waals surface area contributed by atoms with Gasteiger partial charge in [-0.2, -0.15) is 0 Å². The van der Waals surface area contributed by atoms with E-state index in [0.29, 0.717) is 55.8 Å². The molecule has 0 spiro atoms. The largest absolute Gasteiger partial charge is 0.481 e. The quantitative estimate of drug-likeness (QED) is 0.123. The minimum atomic E-state index is -3.07. The fraction of sp³-hybridized carbons (Fsp3) is 0.894. The predicted molar refractivity (Wildman–Crippen MR) is 231 cm³/mol. The number of allylic oxidation sites excluding steroid dienone is 1. The number of carbonyl (C=O) groups excluding carboxylic acids is 2. The van der Waals surface area contributed by atoms with Crippen LogP contribution in [-0.2, 0) is 28.9 Å². The van der Waals surface area contributed by atoms with Crippen molar-refractivity contribution in [2.45, 2.75) is 170 Å². The predicted octanol–water partition coefficient (Wildman–Crippen LogP) is 8.02. The van der Waals surface area contributed by atoms with Gasteiger partial charge in [-0.3, -0.25) is 14.5 Å². The highest BCUT2D eigenvalue weighted by Gasteiger charge is 2.71. The average Bonchev–Trinajstić information content (AvgIpc) is 3.50. The van der Waals surface area contributed by atoms with Crippen LogP contribution in [0.2, 0.25) is 0 Å². The number of esters is 1. The van der Waals surface area contributed by atoms with Gasteiger partial charge in [0.05, 0.1) is 31.0 Å². The van der Waals surface area contributed by atoms with Crippen LogP contribution in [0, 0.1) is 56.7 Å². The zero-order valence-electron chi connectivity index (χ0n) is 38.2. The summed E-state index contributed by atoms with van der Waals surface area (Å²) in [5.74, 6) is 1.46. The summed E-state index contributed by atoms with van der Waals surface area (Å²) in [6.45, 7) is 28.7. The molecule has 3 N–H and O–H groups in total. The molecule has 0 bridgehead atoms. The Kier molecular flexibility index (Phi) is 13.0. The number of ether oxygens (including phenoxy) is 2. The Bertz CT molecular complexity index is 1720. The van der Waals surface area contributed by atoms with E-state index in [4.69, 9.17) is 9.47 Å². The molecule has 1 aliphatic heterocycles. The maximum absolute atomic E-state index is 13.3. The summed E-state index contributed by atoms with van der Waals surface area (Å²) in [5, 5.41) is 16.7. The van der Waals surface area contributed by atoms with Gasteiger partial charge < -0.3 is 25.2 Å². The molecule has 0 radical (unpaired) electrons. The van der Waals surface area contributed by atoms with Crippen LogP contribution < -0.4 is 10.6 Å². The second-order valence-corrected chi connectivity index (χ2v) is 24.7. The Balaban J connectivity index is 1.23. The summed E-state index contributed by atoms with van der Waals surface area (Å²) in [6.07, 6.45) is 10.3. The first-order valence-electron chi connectivity index (χ1n) is 23.0. The molecule has 1 heterocycles. The van der Waals surface area contributed by atoms with Gasteiger partial charge in [0.25, 0.3) is 0 Å². The molecule has 5 saturated carbocycles. The Morgan fingerprint density at radius 3 is 2.20 bits per heavy atom. The zero-order chi connectivity index (χ0) is 43.6. The molecule has 6 aliphatic rings. The standard InChI is InChI=1S/C47H79N3O8S/c1-12-57-41(54)49-31(4)34(50-23-25-59(55,56)26-24-50)29-48-47-20-15-32(30(2)3)40(47)33-13-14-36-44(9)18-17-37(58-39(53)28-42(5,6)27-38(51)52)43(7,8)35(44)16-19-46(36,11)45(33,10)21-22-47/h31-37,40,48H,2,12-29H2,1,3-11H3,(H,49,54)(H,51,52)/t31-,32+,33-,34-,35+,36-,37+,40-,44+,45-,46-,47+/m1/s1. The summed E-state index contributed by atoms with van der Waals surface area (Å²) in [4.78, 5) is 39.7. The van der Waals surface area contributed by atoms with E-state index in [-0.39, 0.29) is 75.7 Å². The first kappa shape index (κ1) is 46.3. The molecule has 0 aromatic carbocycles. The molecule has 0 aromatic heterocycles. The molecule has 6 rings (SSSR count). The first-order chi connectivity index (χ1) is 27.3. The molecule has 336 valence electrons. The van der Waals surface area contributed by atoms with Crippen LogP contribution in [0.5, 0.6) is 0 Å². The lowest BCUT2D eigenvalue weighted by atomic mass is 9.32. The normalized spacial score (nSPS) is 39.9. The molecule has 5 aliphatic carbocycles. The second kappa shape index (κ2) is 16.5. The third kappa shape index (κ3) is 8.51. The van der Waals surface area contributed by atoms with Crippen LogP contribution in [0.3, 0.4) is 0 Å². The van der Waals surface area contributed by atoms with Crippen molar-refractivity contribution in [3.8, 4) is 0 Å². The lowest BCUT2D eigenvalue weighted by molar-refractivity contribution is -0.246. The molecule has 11 nitrogen and oxygen atoms in total. The number of alkyl carbamates (subject to hydrolysis) is 1. The number of carbonyl (C=O) groups is 3. The highest BCUT2D eigenvalue weighted by Crippen LogP contribution is 2.76. The average molecular weight is 846 g/mol. The lowest BCUT2D eigenvalue weighted by Crippen LogP contribution is -2.69. The number of fused-ring (bicyclic) bond motifs is 7. The van der Waals surface area contributed by atoms with Gasteiger partial charge >= 0.3 is 18.0 Å². The van der Waals surface area contributed by atoms with E-state index < -0.39 is 27.3 Å². The molecule has 1 saturated heterocycles. The number of rotatable bonds is 13. The Hall–Kier alpha value is -2.18. The van der Waals surface area contributed by atoms with Crippen molar-refractivity contribution in [2.24, 2.45) is 56.7 Å². The number of hydrogen-bond donors (Lipinski definition) is 3. The fourth-order valence-corrected chi connectivity index (χ4v) is 16.4. The van der Waals surface area contributed by atoms with Gasteiger partial charge in [-0.25, -0.2) is 13.2 Å². The van der Waals surface area contributed by atoms with Crippen molar-refractivity contribution >= 4 is 27.9 Å². The molecule has 0 aromatic rings. The summed E-state index contributed by atoms with van der Waals surface area (Å²) < 4.78 is 36.5. The highest BCUT2D eigenvalue weighted by molar-refractivity contribution is 7.91. The van der Waals surface area contributed by atoms with Gasteiger partial charge in [0.2, 0.25) is 0 Å². The zero-order valence-corrected chi connectivity index (χ0v) is 39.0. The van der Waals surface area contributed by atoms with Gasteiger partial charge in [0, 0.05) is 42.7 Å². The maximum atomic E-state index is 13.3. The molecule has 6 fully saturated rings. The van der Waals surface area contributed by atoms with Gasteiger partial charge in [-0.1, -0.05) is 60.6 Å². The summed E-state index contributed by atoms with van der Waals surface area (Å²) in [5.41, 5.74) is 0.758. The first-order valence-corrected chi connectivity index (χ1v) is 24.9. The smallest absolute Gasteiger partial charge is 0.407 e. The molecule has 0 unspecified atom stereocenters. The minimum absolute atomic E-state index is 0.0647. The molecular weight excluding hydrogens is 767 g/mol. The summed E-state index contributed by atoms with van der Waals surface area (Å²) >= 11 is 0. The van der Waals surface area contributed by atoms with Crippen LogP contribution in [0.25, 0.3) is 0 Å². The maximum Gasteiger partial charge on any atom is 0.407 e. The van der Waals surface area contributed by atoms with E-state index in [1.807, 2.05) is 20.8 Å². The van der Waals surface area contributed by atoms with Crippen LogP contribution in [0.1, 0.15) is 146 Å². The van der Waals surface area contributed by atoms with Crippen molar-refractivity contribution in [1.82, 2.24) is 15.5 Å². The topological polar surface area (TPSA) is 151 Å². The van der Waals surface area contributed by atoms with Crippen molar-refractivity contribution in [3.05, 3.63) is 12.2 Å². The monoisotopic (exact) mass is 846 g/mol. The van der Waals surface area contributed by atoms with E-state index >= 15 is 0 Å². The molecule has 12 heteroatoms. The van der Waals surface area contributed by atoms with Crippen molar-refractivity contribution in [3.63, 3.8) is 0 Å². The highest BCUT2D eigenvalue weighted by atomic mass is 32.2. The van der Waals surface area contributed by atoms with Crippen molar-refractivity contribution in [1.29, 1.82) is 0 Å². The number of hydrogen-bond acceptors (Lipinski definition) is 9. The molecular formula is C47H79N3O8S. The third-order valence-corrected chi connectivity index (χ3v) is 19.9. The number of aliphatic carboxylic acids is 1. The van der Waals surface area contributed by atoms with E-state index in [9.17, 15) is 27.9 Å². The molecule has 59 heavy (non-hydrogen) atoms. The Labute approximate surface area is 356 Å². The van der Waals surface area contributed by atoms with Gasteiger partial charge in [-0.15, -0.1) is 0 Å². The minimum Gasteiger partial charge on any atom is -0.481 e. The van der Waals surface area contributed by atoms with E-state index in [2.05, 4.69) is 63.7 Å². The molecule has 1 amide bonds. The van der Waals surface area contributed by atoms with Crippen molar-refractivity contribution in [2.75, 3.05) is 37.7 Å². The van der Waals surface area contributed by atoms with Crippen LogP contribution in [-0.4, -0.2) is 97.9 Å². The van der Waals surface area contributed by atoms with Gasteiger partial charge in [0.1, 0.15) is 6.10 Å². The summed E-state index contributed by atoms with van der Waals surface area (Å²) in [6, 6.07) is -0.319.